The average molecular weight is 255 g/mol. The smallest absolute Gasteiger partial charge is 0.225 e. The molecule has 0 bridgehead atoms. The van der Waals surface area contributed by atoms with Crippen molar-refractivity contribution in [1.29, 1.82) is 0 Å². The minimum absolute atomic E-state index is 0.0247. The van der Waals surface area contributed by atoms with E-state index in [1.54, 1.807) is 18.6 Å². The summed E-state index contributed by atoms with van der Waals surface area (Å²) in [5.74, 6) is 0.844. The van der Waals surface area contributed by atoms with Gasteiger partial charge in [-0.25, -0.2) is 4.98 Å². The Morgan fingerprint density at radius 3 is 2.74 bits per heavy atom. The zero-order chi connectivity index (χ0) is 13.5. The van der Waals surface area contributed by atoms with Crippen LogP contribution in [-0.2, 0) is 4.79 Å². The number of rotatable bonds is 5. The molecule has 0 spiro atoms. The lowest BCUT2D eigenvalue weighted by molar-refractivity contribution is -0.116. The Bertz CT molecular complexity index is 513. The summed E-state index contributed by atoms with van der Waals surface area (Å²) in [7, 11) is 0. The van der Waals surface area contributed by atoms with Gasteiger partial charge in [0.2, 0.25) is 5.91 Å². The predicted molar refractivity (Wildman–Crippen MR) is 74.8 cm³/mol. The van der Waals surface area contributed by atoms with Crippen molar-refractivity contribution in [2.45, 2.75) is 25.7 Å². The molecule has 0 aliphatic rings. The third kappa shape index (κ3) is 4.17. The van der Waals surface area contributed by atoms with Crippen molar-refractivity contribution in [1.82, 2.24) is 9.97 Å². The van der Waals surface area contributed by atoms with Gasteiger partial charge in [-0.05, 0) is 17.9 Å². The van der Waals surface area contributed by atoms with Crippen LogP contribution in [0.4, 0.5) is 5.82 Å². The summed E-state index contributed by atoms with van der Waals surface area (Å²) < 4.78 is 0. The highest BCUT2D eigenvalue weighted by Crippen LogP contribution is 2.20. The van der Waals surface area contributed by atoms with Crippen LogP contribution in [0.25, 0.3) is 0 Å². The van der Waals surface area contributed by atoms with Gasteiger partial charge in [-0.15, -0.1) is 0 Å². The third-order valence-corrected chi connectivity index (χ3v) is 3.00. The lowest BCUT2D eigenvalue weighted by Gasteiger charge is -2.11. The fraction of sp³-hybridized carbons (Fsp3) is 0.267. The first kappa shape index (κ1) is 13.2. The quantitative estimate of drug-likeness (QED) is 0.893. The molecule has 2 aromatic rings. The molecule has 4 nitrogen and oxygen atoms in total. The number of hydrogen-bond acceptors (Lipinski definition) is 3. The highest BCUT2D eigenvalue weighted by molar-refractivity contribution is 5.89. The Balaban J connectivity index is 1.81. The molecular formula is C15H17N3O. The first-order valence-corrected chi connectivity index (χ1v) is 6.36. The van der Waals surface area contributed by atoms with Crippen LogP contribution in [0.1, 0.15) is 31.2 Å². The zero-order valence-corrected chi connectivity index (χ0v) is 10.9. The van der Waals surface area contributed by atoms with Gasteiger partial charge in [0.15, 0.2) is 5.82 Å². The predicted octanol–water partition coefficient (Wildman–Crippen LogP) is 3.00. The molecule has 1 atom stereocenters. The highest BCUT2D eigenvalue weighted by atomic mass is 16.1. The molecule has 2 rings (SSSR count). The van der Waals surface area contributed by atoms with Crippen molar-refractivity contribution in [2.75, 3.05) is 5.32 Å². The molecule has 98 valence electrons. The first-order valence-electron chi connectivity index (χ1n) is 6.36. The van der Waals surface area contributed by atoms with Gasteiger partial charge in [-0.2, -0.15) is 0 Å². The van der Waals surface area contributed by atoms with Gasteiger partial charge in [0.25, 0.3) is 0 Å². The SMILES string of the molecule is C[C@@H](CCC(=O)Nc1cnccn1)c1ccccc1. The Morgan fingerprint density at radius 2 is 2.05 bits per heavy atom. The van der Waals surface area contributed by atoms with Crippen molar-refractivity contribution in [3.05, 3.63) is 54.5 Å². The Kier molecular flexibility index (Phi) is 4.61. The molecule has 0 aliphatic carbocycles. The number of amides is 1. The molecule has 1 amide bonds. The van der Waals surface area contributed by atoms with E-state index in [-0.39, 0.29) is 5.91 Å². The highest BCUT2D eigenvalue weighted by Gasteiger charge is 2.09. The van der Waals surface area contributed by atoms with E-state index in [2.05, 4.69) is 34.3 Å². The number of benzene rings is 1. The number of aromatic nitrogens is 2. The molecule has 0 unspecified atom stereocenters. The minimum Gasteiger partial charge on any atom is -0.309 e. The summed E-state index contributed by atoms with van der Waals surface area (Å²) in [6.07, 6.45) is 5.97. The molecule has 4 heteroatoms. The normalized spacial score (nSPS) is 11.8. The molecule has 1 aromatic heterocycles. The number of hydrogen-bond donors (Lipinski definition) is 1. The summed E-state index contributed by atoms with van der Waals surface area (Å²) in [6.45, 7) is 2.13. The summed E-state index contributed by atoms with van der Waals surface area (Å²) in [6, 6.07) is 10.2. The van der Waals surface area contributed by atoms with E-state index in [4.69, 9.17) is 0 Å². The van der Waals surface area contributed by atoms with Gasteiger partial charge < -0.3 is 5.32 Å². The summed E-state index contributed by atoms with van der Waals surface area (Å²) in [5.41, 5.74) is 1.26. The fourth-order valence-corrected chi connectivity index (χ4v) is 1.86. The molecular weight excluding hydrogens is 238 g/mol. The summed E-state index contributed by atoms with van der Waals surface area (Å²) in [5, 5.41) is 2.74. The maximum Gasteiger partial charge on any atom is 0.225 e. The van der Waals surface area contributed by atoms with Gasteiger partial charge in [-0.3, -0.25) is 9.78 Å². The van der Waals surface area contributed by atoms with Crippen LogP contribution in [0.15, 0.2) is 48.9 Å². The van der Waals surface area contributed by atoms with E-state index in [1.165, 1.54) is 5.56 Å². The second kappa shape index (κ2) is 6.64. The molecule has 1 heterocycles. The minimum atomic E-state index is -0.0247. The first-order chi connectivity index (χ1) is 9.25. The Morgan fingerprint density at radius 1 is 1.26 bits per heavy atom. The zero-order valence-electron chi connectivity index (χ0n) is 10.9. The standard InChI is InChI=1S/C15H17N3O/c1-12(13-5-3-2-4-6-13)7-8-15(19)18-14-11-16-9-10-17-14/h2-6,9-12H,7-8H2,1H3,(H,17,18,19)/t12-/m0/s1. The van der Waals surface area contributed by atoms with Crippen molar-refractivity contribution in [3.8, 4) is 0 Å². The number of nitrogens with zero attached hydrogens (tertiary/aromatic N) is 2. The largest absolute Gasteiger partial charge is 0.309 e. The number of carbonyl (C=O) groups is 1. The molecule has 0 saturated heterocycles. The molecule has 0 fully saturated rings. The maximum atomic E-state index is 11.8. The molecule has 0 aliphatic heterocycles. The molecule has 1 aromatic carbocycles. The Labute approximate surface area is 112 Å². The number of carbonyl (C=O) groups excluding carboxylic acids is 1. The molecule has 1 N–H and O–H groups in total. The number of nitrogens with one attached hydrogen (secondary N) is 1. The summed E-state index contributed by atoms with van der Waals surface area (Å²) in [4.78, 5) is 19.7. The van der Waals surface area contributed by atoms with Gasteiger partial charge >= 0.3 is 0 Å². The van der Waals surface area contributed by atoms with E-state index >= 15 is 0 Å². The van der Waals surface area contributed by atoms with E-state index in [9.17, 15) is 4.79 Å². The third-order valence-electron chi connectivity index (χ3n) is 3.00. The Hall–Kier alpha value is -2.23. The molecule has 0 radical (unpaired) electrons. The van der Waals surface area contributed by atoms with Gasteiger partial charge in [0.05, 0.1) is 6.20 Å². The van der Waals surface area contributed by atoms with Crippen molar-refractivity contribution >= 4 is 11.7 Å². The van der Waals surface area contributed by atoms with Crippen LogP contribution in [0, 0.1) is 0 Å². The fourth-order valence-electron chi connectivity index (χ4n) is 1.86. The van der Waals surface area contributed by atoms with Crippen molar-refractivity contribution in [2.24, 2.45) is 0 Å². The van der Waals surface area contributed by atoms with E-state index in [0.717, 1.165) is 6.42 Å². The van der Waals surface area contributed by atoms with E-state index in [1.807, 2.05) is 18.2 Å². The van der Waals surface area contributed by atoms with Crippen LogP contribution in [0.2, 0.25) is 0 Å². The second-order valence-corrected chi connectivity index (χ2v) is 4.49. The monoisotopic (exact) mass is 255 g/mol. The topological polar surface area (TPSA) is 54.9 Å². The maximum absolute atomic E-state index is 11.8. The second-order valence-electron chi connectivity index (χ2n) is 4.49. The van der Waals surface area contributed by atoms with Crippen LogP contribution in [-0.4, -0.2) is 15.9 Å². The summed E-state index contributed by atoms with van der Waals surface area (Å²) >= 11 is 0. The van der Waals surface area contributed by atoms with Gasteiger partial charge in [0.1, 0.15) is 0 Å². The van der Waals surface area contributed by atoms with Crippen LogP contribution >= 0.6 is 0 Å². The molecule has 0 saturated carbocycles. The number of anilines is 1. The molecule has 19 heavy (non-hydrogen) atoms. The van der Waals surface area contributed by atoms with E-state index in [0.29, 0.717) is 18.2 Å². The van der Waals surface area contributed by atoms with E-state index < -0.39 is 0 Å². The van der Waals surface area contributed by atoms with Gasteiger partial charge in [-0.1, -0.05) is 37.3 Å². The van der Waals surface area contributed by atoms with Crippen molar-refractivity contribution in [3.63, 3.8) is 0 Å². The van der Waals surface area contributed by atoms with Crippen LogP contribution in [0.3, 0.4) is 0 Å². The lowest BCUT2D eigenvalue weighted by atomic mass is 9.96. The van der Waals surface area contributed by atoms with Gasteiger partial charge in [0, 0.05) is 18.8 Å². The van der Waals surface area contributed by atoms with Crippen LogP contribution in [0.5, 0.6) is 0 Å². The van der Waals surface area contributed by atoms with Crippen molar-refractivity contribution < 1.29 is 4.79 Å². The lowest BCUT2D eigenvalue weighted by Crippen LogP contribution is -2.13. The average Bonchev–Trinajstić information content (AvgIpc) is 2.47. The van der Waals surface area contributed by atoms with Crippen LogP contribution < -0.4 is 5.32 Å².